The van der Waals surface area contributed by atoms with E-state index in [9.17, 15) is 4.79 Å². The van der Waals surface area contributed by atoms with Gasteiger partial charge >= 0.3 is 0 Å². The van der Waals surface area contributed by atoms with Crippen molar-refractivity contribution in [1.29, 1.82) is 0 Å². The van der Waals surface area contributed by atoms with Crippen LogP contribution in [-0.2, 0) is 9.53 Å². The van der Waals surface area contributed by atoms with Crippen molar-refractivity contribution in [3.63, 3.8) is 0 Å². The van der Waals surface area contributed by atoms with E-state index >= 15 is 0 Å². The van der Waals surface area contributed by atoms with Crippen molar-refractivity contribution in [3.8, 4) is 0 Å². The highest BCUT2D eigenvalue weighted by atomic mass is 16.5. The van der Waals surface area contributed by atoms with Gasteiger partial charge in [0, 0.05) is 25.7 Å². The quantitative estimate of drug-likeness (QED) is 0.686. The number of amides is 1. The van der Waals surface area contributed by atoms with Gasteiger partial charge in [0.25, 0.3) is 0 Å². The SMILES string of the molecule is CC(C)NCCCOCC(=O)N1CCCCC1. The van der Waals surface area contributed by atoms with Gasteiger partial charge in [0.2, 0.25) is 5.91 Å². The Morgan fingerprint density at radius 1 is 1.29 bits per heavy atom. The van der Waals surface area contributed by atoms with Gasteiger partial charge < -0.3 is 15.0 Å². The van der Waals surface area contributed by atoms with Crippen LogP contribution in [0.25, 0.3) is 0 Å². The third kappa shape index (κ3) is 6.64. The minimum Gasteiger partial charge on any atom is -0.372 e. The van der Waals surface area contributed by atoms with Gasteiger partial charge in [0.05, 0.1) is 0 Å². The third-order valence-corrected chi connectivity index (χ3v) is 2.95. The molecular weight excluding hydrogens is 216 g/mol. The first-order valence-corrected chi connectivity index (χ1v) is 6.79. The fourth-order valence-electron chi connectivity index (χ4n) is 1.96. The van der Waals surface area contributed by atoms with Crippen LogP contribution >= 0.6 is 0 Å². The molecule has 1 aliphatic heterocycles. The molecule has 0 saturated carbocycles. The van der Waals surface area contributed by atoms with Gasteiger partial charge in [-0.1, -0.05) is 13.8 Å². The summed E-state index contributed by atoms with van der Waals surface area (Å²) >= 11 is 0. The zero-order valence-corrected chi connectivity index (χ0v) is 11.2. The molecule has 0 radical (unpaired) electrons. The molecule has 4 heteroatoms. The highest BCUT2D eigenvalue weighted by molar-refractivity contribution is 5.77. The lowest BCUT2D eigenvalue weighted by molar-refractivity contribution is -0.137. The molecule has 17 heavy (non-hydrogen) atoms. The number of rotatable bonds is 7. The number of likely N-dealkylation sites (tertiary alicyclic amines) is 1. The van der Waals surface area contributed by atoms with Crippen LogP contribution < -0.4 is 5.32 Å². The summed E-state index contributed by atoms with van der Waals surface area (Å²) in [6.45, 7) is 7.95. The second kappa shape index (κ2) is 8.48. The summed E-state index contributed by atoms with van der Waals surface area (Å²) < 4.78 is 5.40. The number of carbonyl (C=O) groups is 1. The molecule has 0 spiro atoms. The highest BCUT2D eigenvalue weighted by Gasteiger charge is 2.15. The lowest BCUT2D eigenvalue weighted by atomic mass is 10.1. The third-order valence-electron chi connectivity index (χ3n) is 2.95. The maximum absolute atomic E-state index is 11.7. The van der Waals surface area contributed by atoms with Crippen molar-refractivity contribution in [2.24, 2.45) is 0 Å². The molecule has 4 nitrogen and oxygen atoms in total. The van der Waals surface area contributed by atoms with Gasteiger partial charge in [0.1, 0.15) is 6.61 Å². The maximum atomic E-state index is 11.7. The van der Waals surface area contributed by atoms with Crippen LogP contribution in [0.15, 0.2) is 0 Å². The molecule has 0 unspecified atom stereocenters. The van der Waals surface area contributed by atoms with Gasteiger partial charge in [-0.25, -0.2) is 0 Å². The Balaban J connectivity index is 1.96. The van der Waals surface area contributed by atoms with Gasteiger partial charge in [0.15, 0.2) is 0 Å². The predicted molar refractivity (Wildman–Crippen MR) is 69.0 cm³/mol. The van der Waals surface area contributed by atoms with Crippen molar-refractivity contribution >= 4 is 5.91 Å². The number of nitrogens with one attached hydrogen (secondary N) is 1. The van der Waals surface area contributed by atoms with Crippen LogP contribution in [0.3, 0.4) is 0 Å². The monoisotopic (exact) mass is 242 g/mol. The van der Waals surface area contributed by atoms with E-state index in [1.54, 1.807) is 0 Å². The van der Waals surface area contributed by atoms with Crippen molar-refractivity contribution in [2.75, 3.05) is 32.8 Å². The Morgan fingerprint density at radius 2 is 2.00 bits per heavy atom. The topological polar surface area (TPSA) is 41.6 Å². The Kier molecular flexibility index (Phi) is 7.21. The van der Waals surface area contributed by atoms with Crippen molar-refractivity contribution in [2.45, 2.75) is 45.6 Å². The molecule has 0 bridgehead atoms. The maximum Gasteiger partial charge on any atom is 0.248 e. The number of carbonyl (C=O) groups excluding carboxylic acids is 1. The van der Waals surface area contributed by atoms with E-state index in [2.05, 4.69) is 19.2 Å². The molecule has 1 amide bonds. The van der Waals surface area contributed by atoms with Crippen molar-refractivity contribution in [1.82, 2.24) is 10.2 Å². The molecule has 1 rings (SSSR count). The largest absolute Gasteiger partial charge is 0.372 e. The van der Waals surface area contributed by atoms with E-state index in [-0.39, 0.29) is 12.5 Å². The van der Waals surface area contributed by atoms with Crippen LogP contribution in [0, 0.1) is 0 Å². The van der Waals surface area contributed by atoms with Crippen LogP contribution in [0.2, 0.25) is 0 Å². The van der Waals surface area contributed by atoms with Gasteiger partial charge in [-0.3, -0.25) is 4.79 Å². The lowest BCUT2D eigenvalue weighted by Gasteiger charge is -2.26. The molecule has 100 valence electrons. The van der Waals surface area contributed by atoms with E-state index in [1.807, 2.05) is 4.90 Å². The summed E-state index contributed by atoms with van der Waals surface area (Å²) in [6.07, 6.45) is 4.51. The number of hydrogen-bond donors (Lipinski definition) is 1. The summed E-state index contributed by atoms with van der Waals surface area (Å²) in [6, 6.07) is 0.519. The Hall–Kier alpha value is -0.610. The average Bonchev–Trinajstić information content (AvgIpc) is 2.34. The molecule has 1 N–H and O–H groups in total. The molecule has 1 aliphatic rings. The second-order valence-corrected chi connectivity index (χ2v) is 4.96. The first-order valence-electron chi connectivity index (χ1n) is 6.79. The first kappa shape index (κ1) is 14.5. The highest BCUT2D eigenvalue weighted by Crippen LogP contribution is 2.08. The summed E-state index contributed by atoms with van der Waals surface area (Å²) in [5.41, 5.74) is 0. The molecule has 0 aromatic heterocycles. The number of piperidine rings is 1. The first-order chi connectivity index (χ1) is 8.20. The van der Waals surface area contributed by atoms with Crippen molar-refractivity contribution in [3.05, 3.63) is 0 Å². The Bertz CT molecular complexity index is 213. The fraction of sp³-hybridized carbons (Fsp3) is 0.923. The van der Waals surface area contributed by atoms with E-state index < -0.39 is 0 Å². The molecule has 0 aromatic rings. The summed E-state index contributed by atoms with van der Waals surface area (Å²) in [5.74, 6) is 0.154. The zero-order valence-electron chi connectivity index (χ0n) is 11.2. The van der Waals surface area contributed by atoms with E-state index in [1.165, 1.54) is 6.42 Å². The number of ether oxygens (including phenoxy) is 1. The molecule has 0 aliphatic carbocycles. The van der Waals surface area contributed by atoms with Gasteiger partial charge in [-0.15, -0.1) is 0 Å². The van der Waals surface area contributed by atoms with Gasteiger partial charge in [-0.2, -0.15) is 0 Å². The number of nitrogens with zero attached hydrogens (tertiary/aromatic N) is 1. The Labute approximate surface area is 105 Å². The fourth-order valence-corrected chi connectivity index (χ4v) is 1.96. The average molecular weight is 242 g/mol. The number of hydrogen-bond acceptors (Lipinski definition) is 3. The van der Waals surface area contributed by atoms with E-state index in [0.29, 0.717) is 12.6 Å². The minimum absolute atomic E-state index is 0.154. The molecule has 0 aromatic carbocycles. The normalized spacial score (nSPS) is 16.5. The zero-order chi connectivity index (χ0) is 12.5. The standard InChI is InChI=1S/C13H26N2O2/c1-12(2)14-7-6-10-17-11-13(16)15-8-4-3-5-9-15/h12,14H,3-11H2,1-2H3. The van der Waals surface area contributed by atoms with Crippen LogP contribution in [0.4, 0.5) is 0 Å². The molecule has 1 saturated heterocycles. The molecular formula is C13H26N2O2. The van der Waals surface area contributed by atoms with Crippen molar-refractivity contribution < 1.29 is 9.53 Å². The van der Waals surface area contributed by atoms with E-state index in [4.69, 9.17) is 4.74 Å². The van der Waals surface area contributed by atoms with Crippen LogP contribution in [0.5, 0.6) is 0 Å². The summed E-state index contributed by atoms with van der Waals surface area (Å²) in [7, 11) is 0. The van der Waals surface area contributed by atoms with Crippen LogP contribution in [0.1, 0.15) is 39.5 Å². The summed E-state index contributed by atoms with van der Waals surface area (Å²) in [4.78, 5) is 13.7. The van der Waals surface area contributed by atoms with Crippen LogP contribution in [-0.4, -0.2) is 49.7 Å². The molecule has 1 fully saturated rings. The van der Waals surface area contributed by atoms with E-state index in [0.717, 1.165) is 38.9 Å². The smallest absolute Gasteiger partial charge is 0.248 e. The molecule has 1 heterocycles. The Morgan fingerprint density at radius 3 is 2.65 bits per heavy atom. The van der Waals surface area contributed by atoms with Gasteiger partial charge in [-0.05, 0) is 32.2 Å². The second-order valence-electron chi connectivity index (χ2n) is 4.96. The molecule has 0 atom stereocenters. The lowest BCUT2D eigenvalue weighted by Crippen LogP contribution is -2.38. The summed E-state index contributed by atoms with van der Waals surface area (Å²) in [5, 5.41) is 3.32. The predicted octanol–water partition coefficient (Wildman–Crippen LogP) is 1.40. The minimum atomic E-state index is 0.154.